The number of alkyl halides is 3. The summed E-state index contributed by atoms with van der Waals surface area (Å²) in [6.07, 6.45) is -0.0400. The van der Waals surface area contributed by atoms with E-state index in [1.807, 2.05) is 32.9 Å². The normalized spacial score (nSPS) is 13.5. The zero-order chi connectivity index (χ0) is 101. The van der Waals surface area contributed by atoms with E-state index in [0.717, 1.165) is 80.4 Å². The van der Waals surface area contributed by atoms with Crippen molar-refractivity contribution in [2.75, 3.05) is 49.8 Å². The lowest BCUT2D eigenvalue weighted by Crippen LogP contribution is -2.42. The Morgan fingerprint density at radius 1 is 0.529 bits per heavy atom. The quantitative estimate of drug-likeness (QED) is 0.0228. The van der Waals surface area contributed by atoms with Crippen LogP contribution in [0.5, 0.6) is 23.0 Å². The molecule has 38 heteroatoms. The van der Waals surface area contributed by atoms with E-state index in [-0.39, 0.29) is 108 Å². The van der Waals surface area contributed by atoms with E-state index >= 15 is 8.78 Å². The minimum absolute atomic E-state index is 0.0103. The molecule has 6 heterocycles. The highest BCUT2D eigenvalue weighted by Gasteiger charge is 2.40. The van der Waals surface area contributed by atoms with Gasteiger partial charge in [0.1, 0.15) is 87.2 Å². The van der Waals surface area contributed by atoms with Crippen LogP contribution < -0.4 is 61.4 Å². The van der Waals surface area contributed by atoms with Crippen LogP contribution in [0, 0.1) is 48.8 Å². The number of aromatic nitrogens is 5. The Morgan fingerprint density at radius 2 is 0.986 bits per heavy atom. The molecule has 0 fully saturated rings. The Kier molecular flexibility index (Phi) is 32.2. The van der Waals surface area contributed by atoms with E-state index < -0.39 is 138 Å². The number of fused-ring (bicyclic) bond motifs is 3. The molecule has 0 radical (unpaired) electrons. The molecule has 28 nitrogen and oxygen atoms in total. The summed E-state index contributed by atoms with van der Waals surface area (Å²) < 4.78 is 193. The van der Waals surface area contributed by atoms with Gasteiger partial charge in [-0.15, -0.1) is 0 Å². The van der Waals surface area contributed by atoms with Crippen LogP contribution in [0.3, 0.4) is 0 Å². The number of hydrogen-bond donors (Lipinski definition) is 6. The molecule has 0 aliphatic carbocycles. The second-order valence-electron chi connectivity index (χ2n) is 33.9. The number of methoxy groups -OCH3 is 3. The molecule has 6 N–H and O–H groups in total. The number of amides is 4. The summed E-state index contributed by atoms with van der Waals surface area (Å²) in [5.74, 6) is -10.1. The maximum absolute atomic E-state index is 15.4. The molecule has 11 aromatic rings. The molecule has 3 aromatic heterocycles. The molecule has 4 atom stereocenters. The minimum atomic E-state index is -4.81. The van der Waals surface area contributed by atoms with Gasteiger partial charge in [-0.1, -0.05) is 49.4 Å². The molecule has 8 aromatic carbocycles. The number of nitrogens with zero attached hydrogens (tertiary/aromatic N) is 6. The first-order valence-corrected chi connectivity index (χ1v) is 45.4. The highest BCUT2D eigenvalue weighted by Crippen LogP contribution is 2.46. The van der Waals surface area contributed by atoms with Crippen molar-refractivity contribution >= 4 is 68.1 Å². The number of pyridine rings is 2. The first-order chi connectivity index (χ1) is 65.4. The average Bonchev–Trinajstić information content (AvgIpc) is 0.970. The summed E-state index contributed by atoms with van der Waals surface area (Å²) >= 11 is 0. The van der Waals surface area contributed by atoms with E-state index in [2.05, 4.69) is 41.4 Å². The Morgan fingerprint density at radius 3 is 1.45 bits per heavy atom. The van der Waals surface area contributed by atoms with Crippen LogP contribution in [0.1, 0.15) is 161 Å². The molecule has 14 rings (SSSR count). The maximum Gasteiger partial charge on any atom is 0.417 e. The highest BCUT2D eigenvalue weighted by atomic mass is 32.2. The Bertz CT molecular complexity index is 6740. The number of halogens is 9. The summed E-state index contributed by atoms with van der Waals surface area (Å²) in [5, 5.41) is 17.2. The molecule has 0 spiro atoms. The molecule has 3 aliphatic heterocycles. The van der Waals surface area contributed by atoms with Gasteiger partial charge in [0, 0.05) is 99.8 Å². The van der Waals surface area contributed by atoms with Gasteiger partial charge in [0.25, 0.3) is 38.9 Å². The van der Waals surface area contributed by atoms with Crippen molar-refractivity contribution in [2.24, 2.45) is 14.1 Å². The summed E-state index contributed by atoms with van der Waals surface area (Å²) in [7, 11) is 3.37. The van der Waals surface area contributed by atoms with Gasteiger partial charge in [-0.3, -0.25) is 47.9 Å². The smallest absolute Gasteiger partial charge is 0.417 e. The molecule has 0 saturated heterocycles. The van der Waals surface area contributed by atoms with Gasteiger partial charge >= 0.3 is 6.18 Å². The topological polar surface area (TPSA) is 350 Å². The predicted molar refractivity (Wildman–Crippen MR) is 498 cm³/mol. The van der Waals surface area contributed by atoms with Crippen LogP contribution >= 0.6 is 0 Å². The van der Waals surface area contributed by atoms with Crippen molar-refractivity contribution in [2.45, 2.75) is 175 Å². The van der Waals surface area contributed by atoms with Gasteiger partial charge < -0.3 is 64.3 Å². The molecule has 1 unspecified atom stereocenters. The molecule has 728 valence electrons. The van der Waals surface area contributed by atoms with Crippen molar-refractivity contribution in [3.63, 3.8) is 0 Å². The standard InChI is InChI=1S/C38H36F2N6O7S.C31H32F5N3O4.C31H35F2N3O5/c1-22(47)33(16-24-8-13-29(30-19-45(23(2)48)15-14-28(24)30)36-34(52-3)6-5-7-35(36)53-4)43-38(49)37-31(39)17-25(18-32(37)40)44-54(50,51)27-11-9-26(10-12-27)46-21-41-20-42-46;1-15(2)37-19-13-23(32)27(24(33)14-19)29(41)38-25(17(4)40)12-18-8-9-21(28-20(18)7-6-10-43-28)26-22(31(34,35)36)11-16(3)39(5)30(26)42;1-7-16(2)34-20-12-24(32)29(25(33)13-20)30(38)35-26(18(4)37)11-19-8-9-21(23-15-41-14-22(19)23)28-27(40-6)10-17(3)36(5)31(28)39/h5-13,17-18,20-21,33,44H,14-16,19H2,1-4H3,(H,43,49);8-9,11,13-15,25,37H,6-7,10,12H2,1-5H3,(H,38,41);8-10,12-13,16,26,34H,7,11,14-15H2,1-6H3,(H,35,38)/t;25-;16-,26-/m.00/s1. The maximum atomic E-state index is 15.4. The zero-order valence-corrected chi connectivity index (χ0v) is 79.0. The van der Waals surface area contributed by atoms with Gasteiger partial charge in [-0.2, -0.15) is 18.3 Å². The number of anilines is 3. The number of hydrogen-bond acceptors (Lipinski definition) is 20. The highest BCUT2D eigenvalue weighted by molar-refractivity contribution is 7.92. The molecular formula is C100H103F9N12O16S. The van der Waals surface area contributed by atoms with Crippen molar-refractivity contribution in [3.8, 4) is 62.1 Å². The van der Waals surface area contributed by atoms with Crippen LogP contribution in [0.4, 0.5) is 56.6 Å². The number of carbonyl (C=O) groups is 7. The second kappa shape index (κ2) is 43.3. The first-order valence-electron chi connectivity index (χ1n) is 43.9. The van der Waals surface area contributed by atoms with Crippen LogP contribution in [0.25, 0.3) is 39.1 Å². The van der Waals surface area contributed by atoms with E-state index in [0.29, 0.717) is 94.3 Å². The summed E-state index contributed by atoms with van der Waals surface area (Å²) in [6.45, 7) is 17.2. The van der Waals surface area contributed by atoms with E-state index in [1.54, 1.807) is 81.0 Å². The number of Topliss-reactive ketones (excluding diaryl/α,β-unsaturated/α-hetero) is 3. The van der Waals surface area contributed by atoms with Crippen LogP contribution in [-0.4, -0.2) is 143 Å². The fourth-order valence-corrected chi connectivity index (χ4v) is 17.7. The lowest BCUT2D eigenvalue weighted by molar-refractivity contribution is -0.137. The van der Waals surface area contributed by atoms with Crippen molar-refractivity contribution in [1.82, 2.24) is 44.7 Å². The Hall–Kier alpha value is -14.4. The number of sulfonamides is 1. The fraction of sp³-hybridized carbons (Fsp3) is 0.330. The Labute approximate surface area is 789 Å². The lowest BCUT2D eigenvalue weighted by Gasteiger charge is -2.32. The van der Waals surface area contributed by atoms with Crippen LogP contribution in [-0.2, 0) is 106 Å². The average molecular weight is 1930 g/mol. The number of aryl methyl sites for hydroxylation is 2. The zero-order valence-electron chi connectivity index (χ0n) is 78.2. The van der Waals surface area contributed by atoms with Gasteiger partial charge in [0.05, 0.1) is 97.8 Å². The van der Waals surface area contributed by atoms with E-state index in [1.165, 1.54) is 103 Å². The fourth-order valence-electron chi connectivity index (χ4n) is 16.6. The summed E-state index contributed by atoms with van der Waals surface area (Å²) in [5.41, 5.74) is 4.17. The number of carbonyl (C=O) groups excluding carboxylic acids is 7. The molecular weight excluding hydrogens is 1830 g/mol. The largest absolute Gasteiger partial charge is 0.496 e. The second-order valence-corrected chi connectivity index (χ2v) is 35.6. The third-order valence-electron chi connectivity index (χ3n) is 24.2. The summed E-state index contributed by atoms with van der Waals surface area (Å²) in [6, 6.07) is 25.5. The number of rotatable bonds is 30. The van der Waals surface area contributed by atoms with Gasteiger partial charge in [0.15, 0.2) is 17.3 Å². The van der Waals surface area contributed by atoms with Gasteiger partial charge in [0.2, 0.25) is 5.91 Å². The van der Waals surface area contributed by atoms with Crippen LogP contribution in [0.15, 0.2) is 155 Å². The number of nitrogens with one attached hydrogen (secondary N) is 6. The molecule has 0 bridgehead atoms. The van der Waals surface area contributed by atoms with E-state index in [9.17, 15) is 82.3 Å². The molecule has 4 amide bonds. The minimum Gasteiger partial charge on any atom is -0.496 e. The van der Waals surface area contributed by atoms with Crippen LogP contribution in [0.2, 0.25) is 0 Å². The van der Waals surface area contributed by atoms with Crippen molar-refractivity contribution < 1.29 is 105 Å². The van der Waals surface area contributed by atoms with Gasteiger partial charge in [-0.25, -0.2) is 44.4 Å². The number of ketones is 3. The SMILES string of the molecule is CC(=O)[C@H](Cc1ccc(-c2c(C(F)(F)F)cc(C)n(C)c2=O)c2c1CCCO2)NC(=O)c1c(F)cc(NC(C)C)cc1F.CC[C@H](C)Nc1cc(F)c(C(=O)N[C@@H](Cc2ccc(-c3c(OC)cc(C)n(C)c3=O)c3c2COC3)C(C)=O)c(F)c1.COc1cccc(OC)c1-c1ccc(CC(NC(=O)c2c(F)cc(NS(=O)(=O)c3ccc(-n4cncn4)cc3)cc2F)C(C)=O)c2c1CN(C(C)=O)CC2. The third kappa shape index (κ3) is 22.8. The summed E-state index contributed by atoms with van der Waals surface area (Å²) in [4.78, 5) is 121. The van der Waals surface area contributed by atoms with Gasteiger partial charge in [-0.05, 0) is 216 Å². The Balaban J connectivity index is 0.000000188. The van der Waals surface area contributed by atoms with Crippen molar-refractivity contribution in [1.29, 1.82) is 0 Å². The first kappa shape index (κ1) is 103. The lowest BCUT2D eigenvalue weighted by atomic mass is 9.85. The molecule has 0 saturated carbocycles. The molecule has 3 aliphatic rings. The van der Waals surface area contributed by atoms with Crippen molar-refractivity contribution in [3.05, 3.63) is 274 Å². The molecule has 138 heavy (non-hydrogen) atoms. The number of ether oxygens (including phenoxy) is 5. The number of benzene rings is 8. The third-order valence-corrected chi connectivity index (χ3v) is 25.6. The predicted octanol–water partition coefficient (Wildman–Crippen LogP) is 15.4. The van der Waals surface area contributed by atoms with E-state index in [4.69, 9.17) is 23.7 Å². The monoisotopic (exact) mass is 1930 g/mol.